The van der Waals surface area contributed by atoms with E-state index in [2.05, 4.69) is 24.7 Å². The van der Waals surface area contributed by atoms with Gasteiger partial charge in [0, 0.05) is 29.4 Å². The Morgan fingerprint density at radius 3 is 2.74 bits per heavy atom. The summed E-state index contributed by atoms with van der Waals surface area (Å²) < 4.78 is 21.2. The van der Waals surface area contributed by atoms with E-state index in [1.807, 2.05) is 30.0 Å². The molecule has 34 heavy (non-hydrogen) atoms. The number of fused-ring (bicyclic) bond motifs is 3. The van der Waals surface area contributed by atoms with E-state index in [1.54, 1.807) is 4.90 Å². The predicted octanol–water partition coefficient (Wildman–Crippen LogP) is 3.88. The van der Waals surface area contributed by atoms with Gasteiger partial charge >= 0.3 is 6.09 Å². The van der Waals surface area contributed by atoms with Gasteiger partial charge in [0.15, 0.2) is 17.5 Å². The van der Waals surface area contributed by atoms with Crippen LogP contribution in [0.2, 0.25) is 5.02 Å². The molecule has 9 nitrogen and oxygen atoms in total. The lowest BCUT2D eigenvalue weighted by Gasteiger charge is -2.59. The van der Waals surface area contributed by atoms with Crippen LogP contribution in [0.25, 0.3) is 5.69 Å². The molecule has 1 aliphatic carbocycles. The smallest absolute Gasteiger partial charge is 0.410 e. The second-order valence-corrected chi connectivity index (χ2v) is 9.89. The summed E-state index contributed by atoms with van der Waals surface area (Å²) in [7, 11) is 1.37. The average molecular weight is 484 g/mol. The third-order valence-corrected chi connectivity index (χ3v) is 7.55. The van der Waals surface area contributed by atoms with Crippen molar-refractivity contribution in [3.05, 3.63) is 58.8 Å². The summed E-state index contributed by atoms with van der Waals surface area (Å²) in [5, 5.41) is 9.68. The third-order valence-electron chi connectivity index (χ3n) is 7.31. The topological polar surface area (TPSA) is 89.3 Å². The Bertz CT molecular complexity index is 1280. The monoisotopic (exact) mass is 483 g/mol. The van der Waals surface area contributed by atoms with Crippen molar-refractivity contribution in [1.29, 1.82) is 0 Å². The van der Waals surface area contributed by atoms with Crippen LogP contribution in [0.3, 0.4) is 0 Å². The number of carbonyl (C=O) groups excluding carboxylic acids is 1. The highest BCUT2D eigenvalue weighted by Crippen LogP contribution is 2.57. The molecule has 6 rings (SSSR count). The fraction of sp³-hybridized carbons (Fsp3) is 0.435. The SMILES string of the molecule is COC(=O)N1Cc2cc(Cl)ccc2-n2c(C3CC4(C3)CN(c3ncncc3F)C4)nnc2C1C. The summed E-state index contributed by atoms with van der Waals surface area (Å²) in [5.74, 6) is 1.77. The first-order valence-electron chi connectivity index (χ1n) is 11.2. The Morgan fingerprint density at radius 2 is 2.00 bits per heavy atom. The number of anilines is 1. The van der Waals surface area contributed by atoms with Crippen LogP contribution >= 0.6 is 11.6 Å². The Hall–Kier alpha value is -3.27. The molecule has 1 saturated carbocycles. The molecule has 0 bridgehead atoms. The van der Waals surface area contributed by atoms with Gasteiger partial charge in [-0.15, -0.1) is 10.2 Å². The molecule has 0 radical (unpaired) electrons. The summed E-state index contributed by atoms with van der Waals surface area (Å²) in [6.07, 6.45) is 4.02. The fourth-order valence-corrected chi connectivity index (χ4v) is 5.86. The minimum absolute atomic E-state index is 0.131. The van der Waals surface area contributed by atoms with Crippen molar-refractivity contribution in [2.24, 2.45) is 5.41 Å². The first-order chi connectivity index (χ1) is 16.4. The lowest BCUT2D eigenvalue weighted by atomic mass is 9.57. The van der Waals surface area contributed by atoms with Crippen LogP contribution in [0.4, 0.5) is 15.0 Å². The first-order valence-corrected chi connectivity index (χ1v) is 11.6. The molecule has 2 aromatic heterocycles. The largest absolute Gasteiger partial charge is 0.453 e. The van der Waals surface area contributed by atoms with Gasteiger partial charge in [-0.3, -0.25) is 9.47 Å². The van der Waals surface area contributed by atoms with Crippen LogP contribution in [-0.2, 0) is 11.3 Å². The molecule has 1 atom stereocenters. The highest BCUT2D eigenvalue weighted by atomic mass is 35.5. The Kier molecular flexibility index (Phi) is 4.77. The van der Waals surface area contributed by atoms with Crippen LogP contribution in [0, 0.1) is 11.2 Å². The number of hydrogen-bond donors (Lipinski definition) is 0. The van der Waals surface area contributed by atoms with E-state index >= 15 is 0 Å². The van der Waals surface area contributed by atoms with Crippen LogP contribution in [0.15, 0.2) is 30.7 Å². The zero-order valence-corrected chi connectivity index (χ0v) is 19.5. The molecule has 3 aromatic rings. The zero-order valence-electron chi connectivity index (χ0n) is 18.8. The van der Waals surface area contributed by atoms with Crippen molar-refractivity contribution < 1.29 is 13.9 Å². The minimum atomic E-state index is -0.425. The number of methoxy groups -OCH3 is 1. The number of amides is 1. The predicted molar refractivity (Wildman–Crippen MR) is 121 cm³/mol. The third kappa shape index (κ3) is 3.15. The van der Waals surface area contributed by atoms with Crippen LogP contribution in [0.5, 0.6) is 0 Å². The second kappa shape index (κ2) is 7.63. The number of halogens is 2. The lowest BCUT2D eigenvalue weighted by Crippen LogP contribution is -2.62. The maximum absolute atomic E-state index is 14.0. The summed E-state index contributed by atoms with van der Waals surface area (Å²) >= 11 is 6.29. The van der Waals surface area contributed by atoms with E-state index in [-0.39, 0.29) is 17.4 Å². The number of hydrogen-bond acceptors (Lipinski definition) is 7. The molecular weight excluding hydrogens is 461 g/mol. The quantitative estimate of drug-likeness (QED) is 0.546. The number of aromatic nitrogens is 5. The van der Waals surface area contributed by atoms with Crippen molar-refractivity contribution in [2.75, 3.05) is 25.1 Å². The van der Waals surface area contributed by atoms with Crippen molar-refractivity contribution in [2.45, 2.75) is 38.3 Å². The molecule has 1 aromatic carbocycles. The molecule has 176 valence electrons. The van der Waals surface area contributed by atoms with Gasteiger partial charge in [-0.1, -0.05) is 11.6 Å². The van der Waals surface area contributed by atoms with Gasteiger partial charge < -0.3 is 9.64 Å². The molecule has 2 aliphatic heterocycles. The second-order valence-electron chi connectivity index (χ2n) is 9.45. The highest BCUT2D eigenvalue weighted by Gasteiger charge is 2.55. The highest BCUT2D eigenvalue weighted by molar-refractivity contribution is 6.30. The molecule has 1 saturated heterocycles. The van der Waals surface area contributed by atoms with Gasteiger partial charge in [0.25, 0.3) is 0 Å². The molecule has 11 heteroatoms. The fourth-order valence-electron chi connectivity index (χ4n) is 5.67. The zero-order chi connectivity index (χ0) is 23.6. The van der Waals surface area contributed by atoms with E-state index in [0.717, 1.165) is 43.0 Å². The van der Waals surface area contributed by atoms with E-state index in [0.29, 0.717) is 23.2 Å². The van der Waals surface area contributed by atoms with Gasteiger partial charge in [0.2, 0.25) is 0 Å². The van der Waals surface area contributed by atoms with Crippen molar-refractivity contribution in [1.82, 2.24) is 29.6 Å². The summed E-state index contributed by atoms with van der Waals surface area (Å²) in [6.45, 7) is 3.81. The van der Waals surface area contributed by atoms with Gasteiger partial charge in [0.1, 0.15) is 12.2 Å². The van der Waals surface area contributed by atoms with E-state index < -0.39 is 11.9 Å². The van der Waals surface area contributed by atoms with Crippen molar-refractivity contribution in [3.63, 3.8) is 0 Å². The van der Waals surface area contributed by atoms with E-state index in [4.69, 9.17) is 16.3 Å². The molecule has 4 heterocycles. The summed E-state index contributed by atoms with van der Waals surface area (Å²) in [6, 6.07) is 5.35. The average Bonchev–Trinajstić information content (AvgIpc) is 3.15. The molecule has 0 N–H and O–H groups in total. The minimum Gasteiger partial charge on any atom is -0.453 e. The maximum atomic E-state index is 14.0. The molecule has 2 fully saturated rings. The Morgan fingerprint density at radius 1 is 1.24 bits per heavy atom. The molecule has 1 amide bonds. The van der Waals surface area contributed by atoms with E-state index in [9.17, 15) is 9.18 Å². The van der Waals surface area contributed by atoms with Gasteiger partial charge in [-0.05, 0) is 43.5 Å². The van der Waals surface area contributed by atoms with Crippen LogP contribution in [0.1, 0.15) is 48.9 Å². The van der Waals surface area contributed by atoms with Gasteiger partial charge in [0.05, 0.1) is 31.6 Å². The Balaban J connectivity index is 1.29. The molecule has 1 spiro atoms. The normalized spacial score (nSPS) is 20.8. The molecule has 1 unspecified atom stereocenters. The number of carbonyl (C=O) groups is 1. The standard InChI is InChI=1S/C23H23ClFN7O2/c1-13-19-28-29-20(15-6-23(7-15)10-30(11-23)21-17(25)8-26-12-27-21)32(19)18-4-3-16(24)5-14(18)9-31(13)22(33)34-2/h3-5,8,12-13,15H,6-7,9-11H2,1-2H3. The first kappa shape index (κ1) is 21.3. The number of rotatable bonds is 2. The summed E-state index contributed by atoms with van der Waals surface area (Å²) in [5.41, 5.74) is 1.97. The van der Waals surface area contributed by atoms with Gasteiger partial charge in [-0.2, -0.15) is 0 Å². The maximum Gasteiger partial charge on any atom is 0.410 e. The van der Waals surface area contributed by atoms with Crippen molar-refractivity contribution in [3.8, 4) is 5.69 Å². The number of ether oxygens (including phenoxy) is 1. The van der Waals surface area contributed by atoms with Crippen LogP contribution in [-0.4, -0.2) is 55.9 Å². The lowest BCUT2D eigenvalue weighted by molar-refractivity contribution is 0.0575. The molecule has 3 aliphatic rings. The number of benzene rings is 1. The Labute approximate surface area is 200 Å². The number of nitrogens with zero attached hydrogens (tertiary/aromatic N) is 7. The van der Waals surface area contributed by atoms with Gasteiger partial charge in [-0.25, -0.2) is 19.2 Å². The van der Waals surface area contributed by atoms with Crippen LogP contribution < -0.4 is 4.90 Å². The molecular formula is C23H23ClFN7O2. The van der Waals surface area contributed by atoms with E-state index in [1.165, 1.54) is 19.6 Å². The van der Waals surface area contributed by atoms with Crippen molar-refractivity contribution >= 4 is 23.5 Å². The summed E-state index contributed by atoms with van der Waals surface area (Å²) in [4.78, 5) is 23.9.